The van der Waals surface area contributed by atoms with Crippen LogP contribution in [-0.4, -0.2) is 45.8 Å². The molecular formula is C16H15ClF3N5O2. The number of amides is 2. The van der Waals surface area contributed by atoms with Gasteiger partial charge in [-0.1, -0.05) is 11.6 Å². The number of pyridine rings is 1. The molecule has 0 bridgehead atoms. The number of allylic oxidation sites excluding steroid dienone is 1. The Bertz CT molecular complexity index is 836. The lowest BCUT2D eigenvalue weighted by Crippen LogP contribution is -2.39. The fourth-order valence-corrected chi connectivity index (χ4v) is 2.35. The molecule has 0 atom stereocenters. The van der Waals surface area contributed by atoms with Gasteiger partial charge in [0.1, 0.15) is 5.69 Å². The molecule has 2 aromatic rings. The van der Waals surface area contributed by atoms with Gasteiger partial charge in [0.05, 0.1) is 24.6 Å². The molecule has 2 amide bonds. The maximum atomic E-state index is 12.3. The molecule has 0 spiro atoms. The van der Waals surface area contributed by atoms with E-state index in [-0.39, 0.29) is 17.8 Å². The van der Waals surface area contributed by atoms with Crippen LogP contribution in [0.2, 0.25) is 5.15 Å². The fraction of sp³-hybridized carbons (Fsp3) is 0.250. The van der Waals surface area contributed by atoms with E-state index in [1.165, 1.54) is 15.8 Å². The van der Waals surface area contributed by atoms with Gasteiger partial charge in [0.25, 0.3) is 0 Å². The molecule has 144 valence electrons. The first kappa shape index (κ1) is 20.4. The zero-order valence-electron chi connectivity index (χ0n) is 14.1. The van der Waals surface area contributed by atoms with Crippen LogP contribution in [0.25, 0.3) is 5.69 Å². The minimum Gasteiger partial charge on any atom is -0.343 e. The molecule has 0 unspecified atom stereocenters. The molecule has 0 aliphatic heterocycles. The van der Waals surface area contributed by atoms with Crippen LogP contribution in [0.4, 0.5) is 18.9 Å². The van der Waals surface area contributed by atoms with Crippen LogP contribution >= 0.6 is 11.6 Å². The lowest BCUT2D eigenvalue weighted by Gasteiger charge is -2.19. The second kappa shape index (κ2) is 8.67. The molecule has 2 heterocycles. The van der Waals surface area contributed by atoms with Crippen molar-refractivity contribution in [3.8, 4) is 5.69 Å². The van der Waals surface area contributed by atoms with Crippen molar-refractivity contribution in [1.29, 1.82) is 0 Å². The van der Waals surface area contributed by atoms with E-state index < -0.39 is 24.5 Å². The summed E-state index contributed by atoms with van der Waals surface area (Å²) < 4.78 is 37.5. The van der Waals surface area contributed by atoms with Gasteiger partial charge in [0.2, 0.25) is 11.8 Å². The highest BCUT2D eigenvalue weighted by Gasteiger charge is 2.23. The van der Waals surface area contributed by atoms with Gasteiger partial charge in [-0.15, -0.1) is 0 Å². The van der Waals surface area contributed by atoms with Crippen molar-refractivity contribution in [3.63, 3.8) is 0 Å². The van der Waals surface area contributed by atoms with Gasteiger partial charge < -0.3 is 10.2 Å². The largest absolute Gasteiger partial charge is 0.409 e. The Kier molecular flexibility index (Phi) is 6.56. The number of rotatable bonds is 6. The van der Waals surface area contributed by atoms with Gasteiger partial charge in [0, 0.05) is 24.9 Å². The lowest BCUT2D eigenvalue weighted by molar-refractivity contribution is -0.122. The van der Waals surface area contributed by atoms with Gasteiger partial charge >= 0.3 is 6.18 Å². The van der Waals surface area contributed by atoms with Gasteiger partial charge in [-0.3, -0.25) is 14.6 Å². The summed E-state index contributed by atoms with van der Waals surface area (Å²) in [6.45, 7) is 1.40. The first-order chi connectivity index (χ1) is 12.7. The zero-order valence-corrected chi connectivity index (χ0v) is 14.8. The maximum Gasteiger partial charge on any atom is 0.409 e. The summed E-state index contributed by atoms with van der Waals surface area (Å²) >= 11 is 6.11. The Hall–Kier alpha value is -2.88. The molecule has 0 aliphatic carbocycles. The molecule has 0 saturated heterocycles. The second-order valence-corrected chi connectivity index (χ2v) is 5.55. The van der Waals surface area contributed by atoms with Crippen molar-refractivity contribution in [2.24, 2.45) is 0 Å². The summed E-state index contributed by atoms with van der Waals surface area (Å²) in [5.74, 6) is -1.59. The van der Waals surface area contributed by atoms with Gasteiger partial charge in [-0.05, 0) is 19.1 Å². The molecule has 7 nitrogen and oxygen atoms in total. The molecule has 0 radical (unpaired) electrons. The maximum absolute atomic E-state index is 12.3. The van der Waals surface area contributed by atoms with Crippen molar-refractivity contribution in [1.82, 2.24) is 20.1 Å². The molecule has 0 aromatic carbocycles. The van der Waals surface area contributed by atoms with Crippen LogP contribution in [0.5, 0.6) is 0 Å². The minimum atomic E-state index is -4.61. The number of anilines is 1. The van der Waals surface area contributed by atoms with Crippen molar-refractivity contribution in [3.05, 3.63) is 48.0 Å². The van der Waals surface area contributed by atoms with E-state index in [0.29, 0.717) is 17.5 Å². The summed E-state index contributed by atoms with van der Waals surface area (Å²) in [6.07, 6.45) is 0.166. The van der Waals surface area contributed by atoms with Crippen LogP contribution in [0.3, 0.4) is 0 Å². The van der Waals surface area contributed by atoms with E-state index >= 15 is 0 Å². The van der Waals surface area contributed by atoms with Gasteiger partial charge in [-0.25, -0.2) is 4.68 Å². The van der Waals surface area contributed by atoms with E-state index in [9.17, 15) is 22.8 Å². The molecule has 0 aliphatic rings. The summed E-state index contributed by atoms with van der Waals surface area (Å²) in [4.78, 5) is 28.9. The number of likely N-dealkylation sites (N-methyl/N-ethyl adjacent to an activating group) is 1. The number of carbonyl (C=O) groups is 2. The van der Waals surface area contributed by atoms with Crippen molar-refractivity contribution in [2.75, 3.05) is 18.0 Å². The van der Waals surface area contributed by atoms with E-state index in [1.807, 2.05) is 0 Å². The third-order valence-electron chi connectivity index (χ3n) is 3.31. The molecule has 2 aromatic heterocycles. The van der Waals surface area contributed by atoms with Crippen LogP contribution in [-0.2, 0) is 9.59 Å². The smallest absolute Gasteiger partial charge is 0.343 e. The summed E-state index contributed by atoms with van der Waals surface area (Å²) in [5, 5.41) is 6.26. The normalized spacial score (nSPS) is 11.6. The number of alkyl halides is 3. The molecule has 0 fully saturated rings. The second-order valence-electron chi connectivity index (χ2n) is 5.19. The van der Waals surface area contributed by atoms with E-state index in [1.54, 1.807) is 31.5 Å². The Morgan fingerprint density at radius 2 is 2.15 bits per heavy atom. The third kappa shape index (κ3) is 5.81. The highest BCUT2D eigenvalue weighted by Crippen LogP contribution is 2.25. The third-order valence-corrected chi connectivity index (χ3v) is 3.58. The van der Waals surface area contributed by atoms with Crippen LogP contribution in [0.1, 0.15) is 6.92 Å². The average Bonchev–Trinajstić information content (AvgIpc) is 3.00. The Labute approximate surface area is 157 Å². The summed E-state index contributed by atoms with van der Waals surface area (Å²) in [5.41, 5.74) is 0.924. The van der Waals surface area contributed by atoms with E-state index in [2.05, 4.69) is 15.4 Å². The number of carbonyl (C=O) groups excluding carboxylic acids is 2. The van der Waals surface area contributed by atoms with Crippen molar-refractivity contribution >= 4 is 29.1 Å². The number of hydrogen-bond donors (Lipinski definition) is 1. The SMILES string of the molecule is CCN(C(=O)CNC(=O)/C=C/C(F)(F)F)c1cn(-c2cccnc2)nc1Cl. The van der Waals surface area contributed by atoms with Crippen LogP contribution < -0.4 is 10.2 Å². The Morgan fingerprint density at radius 3 is 2.74 bits per heavy atom. The zero-order chi connectivity index (χ0) is 20.0. The lowest BCUT2D eigenvalue weighted by atomic mass is 10.3. The molecule has 1 N–H and O–H groups in total. The Balaban J connectivity index is 2.08. The molecule has 11 heteroatoms. The van der Waals surface area contributed by atoms with Crippen LogP contribution in [0.15, 0.2) is 42.9 Å². The highest BCUT2D eigenvalue weighted by atomic mass is 35.5. The van der Waals surface area contributed by atoms with Gasteiger partial charge in [0.15, 0.2) is 5.15 Å². The van der Waals surface area contributed by atoms with Gasteiger partial charge in [-0.2, -0.15) is 18.3 Å². The van der Waals surface area contributed by atoms with Crippen molar-refractivity contribution in [2.45, 2.75) is 13.1 Å². The number of aromatic nitrogens is 3. The fourth-order valence-electron chi connectivity index (χ4n) is 2.11. The predicted molar refractivity (Wildman–Crippen MR) is 92.6 cm³/mol. The number of nitrogens with one attached hydrogen (secondary N) is 1. The number of nitrogens with zero attached hydrogens (tertiary/aromatic N) is 4. The molecule has 27 heavy (non-hydrogen) atoms. The quantitative estimate of drug-likeness (QED) is 0.754. The number of halogens is 4. The highest BCUT2D eigenvalue weighted by molar-refractivity contribution is 6.32. The minimum absolute atomic E-state index is 0.0531. The molecular weight excluding hydrogens is 387 g/mol. The summed E-state index contributed by atoms with van der Waals surface area (Å²) in [7, 11) is 0. The van der Waals surface area contributed by atoms with E-state index in [4.69, 9.17) is 11.6 Å². The molecule has 0 saturated carbocycles. The first-order valence-electron chi connectivity index (χ1n) is 7.71. The van der Waals surface area contributed by atoms with E-state index in [0.717, 1.165) is 0 Å². The first-order valence-corrected chi connectivity index (χ1v) is 8.08. The topological polar surface area (TPSA) is 80.1 Å². The molecule has 2 rings (SSSR count). The average molecular weight is 402 g/mol. The number of hydrogen-bond acceptors (Lipinski definition) is 4. The Morgan fingerprint density at radius 1 is 1.41 bits per heavy atom. The summed E-state index contributed by atoms with van der Waals surface area (Å²) in [6, 6.07) is 3.45. The van der Waals surface area contributed by atoms with Crippen molar-refractivity contribution < 1.29 is 22.8 Å². The predicted octanol–water partition coefficient (Wildman–Crippen LogP) is 2.51. The monoisotopic (exact) mass is 401 g/mol. The standard InChI is InChI=1S/C16H15ClF3N5O2/c1-2-24(14(27)9-22-13(26)5-6-16(18,19)20)12-10-25(23-15(12)17)11-4-3-7-21-8-11/h3-8,10H,2,9H2,1H3,(H,22,26)/b6-5+. The van der Waals surface area contributed by atoms with Crippen LogP contribution in [0, 0.1) is 0 Å².